The van der Waals surface area contributed by atoms with Gasteiger partial charge < -0.3 is 9.64 Å². The SMILES string of the molecule is CN1CCC(OC(=O)C(F)(F)S)CC1. The van der Waals surface area contributed by atoms with Gasteiger partial charge >= 0.3 is 11.2 Å². The van der Waals surface area contributed by atoms with E-state index in [4.69, 9.17) is 0 Å². The molecule has 0 saturated carbocycles. The van der Waals surface area contributed by atoms with E-state index in [2.05, 4.69) is 22.3 Å². The third-order valence-corrected chi connectivity index (χ3v) is 2.37. The summed E-state index contributed by atoms with van der Waals surface area (Å²) in [5, 5.41) is -3.68. The molecule has 0 aromatic heterocycles. The van der Waals surface area contributed by atoms with Gasteiger partial charge in [-0.3, -0.25) is 0 Å². The summed E-state index contributed by atoms with van der Waals surface area (Å²) in [4.78, 5) is 12.8. The van der Waals surface area contributed by atoms with E-state index in [-0.39, 0.29) is 0 Å². The van der Waals surface area contributed by atoms with E-state index in [0.29, 0.717) is 12.8 Å². The third-order valence-electron chi connectivity index (χ3n) is 2.18. The smallest absolute Gasteiger partial charge is 0.388 e. The monoisotopic (exact) mass is 225 g/mol. The Labute approximate surface area is 86.8 Å². The highest BCUT2D eigenvalue weighted by Crippen LogP contribution is 2.22. The number of ether oxygens (including phenoxy) is 1. The predicted octanol–water partition coefficient (Wildman–Crippen LogP) is 1.15. The number of carbonyl (C=O) groups is 1. The van der Waals surface area contributed by atoms with Crippen molar-refractivity contribution in [1.29, 1.82) is 0 Å². The Morgan fingerprint density at radius 3 is 2.43 bits per heavy atom. The molecule has 0 bridgehead atoms. The number of alkyl halides is 2. The Bertz CT molecular complexity index is 212. The number of piperidine rings is 1. The highest BCUT2D eigenvalue weighted by atomic mass is 32.1. The number of hydrogen-bond donors (Lipinski definition) is 1. The lowest BCUT2D eigenvalue weighted by Crippen LogP contribution is -2.37. The van der Waals surface area contributed by atoms with Crippen LogP contribution in [-0.2, 0) is 9.53 Å². The summed E-state index contributed by atoms with van der Waals surface area (Å²) in [6.07, 6.45) is 0.815. The minimum Gasteiger partial charge on any atom is -0.457 e. The molecule has 0 amide bonds. The van der Waals surface area contributed by atoms with E-state index < -0.39 is 17.3 Å². The van der Waals surface area contributed by atoms with Gasteiger partial charge in [0.25, 0.3) is 0 Å². The van der Waals surface area contributed by atoms with E-state index in [9.17, 15) is 13.6 Å². The molecule has 0 N–H and O–H groups in total. The van der Waals surface area contributed by atoms with Gasteiger partial charge in [-0.1, -0.05) is 12.6 Å². The number of halogens is 2. The molecule has 1 heterocycles. The average molecular weight is 225 g/mol. The Morgan fingerprint density at radius 2 is 2.00 bits per heavy atom. The molecule has 1 fully saturated rings. The van der Waals surface area contributed by atoms with Gasteiger partial charge in [-0.15, -0.1) is 0 Å². The summed E-state index contributed by atoms with van der Waals surface area (Å²) in [5.41, 5.74) is 0. The standard InChI is InChI=1S/C8H13F2NO2S/c1-11-4-2-6(3-5-11)13-7(12)8(9,10)14/h6,14H,2-5H2,1H3. The number of rotatable bonds is 2. The summed E-state index contributed by atoms with van der Waals surface area (Å²) < 4.78 is 29.3. The number of hydrogen-bond acceptors (Lipinski definition) is 4. The summed E-state index contributed by atoms with van der Waals surface area (Å²) in [6.45, 7) is 1.52. The molecule has 0 aliphatic carbocycles. The van der Waals surface area contributed by atoms with Crippen LogP contribution in [0.15, 0.2) is 0 Å². The molecule has 1 aliphatic rings. The van der Waals surface area contributed by atoms with Crippen LogP contribution in [0.3, 0.4) is 0 Å². The van der Waals surface area contributed by atoms with Crippen LogP contribution in [0.2, 0.25) is 0 Å². The fourth-order valence-corrected chi connectivity index (χ4v) is 1.38. The fourth-order valence-electron chi connectivity index (χ4n) is 1.33. The van der Waals surface area contributed by atoms with Crippen LogP contribution < -0.4 is 0 Å². The van der Waals surface area contributed by atoms with Crippen molar-refractivity contribution >= 4 is 18.6 Å². The number of carbonyl (C=O) groups excluding carboxylic acids is 1. The minimum atomic E-state index is -3.68. The molecule has 0 spiro atoms. The first-order chi connectivity index (χ1) is 6.39. The highest BCUT2D eigenvalue weighted by molar-refractivity contribution is 7.82. The summed E-state index contributed by atoms with van der Waals surface area (Å²) in [6, 6.07) is 0. The van der Waals surface area contributed by atoms with Gasteiger partial charge in [-0.2, -0.15) is 8.78 Å². The Kier molecular flexibility index (Phi) is 3.71. The molecule has 0 aromatic rings. The maximum Gasteiger partial charge on any atom is 0.388 e. The molecular formula is C8H13F2NO2S. The van der Waals surface area contributed by atoms with Crippen LogP contribution in [0, 0.1) is 0 Å². The van der Waals surface area contributed by atoms with Crippen molar-refractivity contribution in [3.63, 3.8) is 0 Å². The molecule has 1 saturated heterocycles. The van der Waals surface area contributed by atoms with Crippen LogP contribution in [0.4, 0.5) is 8.78 Å². The molecular weight excluding hydrogens is 212 g/mol. The molecule has 0 atom stereocenters. The van der Waals surface area contributed by atoms with Crippen LogP contribution >= 0.6 is 12.6 Å². The van der Waals surface area contributed by atoms with Crippen molar-refractivity contribution in [1.82, 2.24) is 4.90 Å². The molecule has 1 rings (SSSR count). The number of esters is 1. The van der Waals surface area contributed by atoms with Crippen molar-refractivity contribution in [3.05, 3.63) is 0 Å². The quantitative estimate of drug-likeness (QED) is 0.564. The fraction of sp³-hybridized carbons (Fsp3) is 0.875. The summed E-state index contributed by atoms with van der Waals surface area (Å²) in [5.74, 6) is -1.55. The second-order valence-corrected chi connectivity index (χ2v) is 4.01. The van der Waals surface area contributed by atoms with E-state index in [1.807, 2.05) is 7.05 Å². The maximum atomic E-state index is 12.3. The molecule has 0 radical (unpaired) electrons. The Morgan fingerprint density at radius 1 is 1.50 bits per heavy atom. The number of likely N-dealkylation sites (tertiary alicyclic amines) is 1. The highest BCUT2D eigenvalue weighted by Gasteiger charge is 2.37. The molecule has 82 valence electrons. The van der Waals surface area contributed by atoms with Gasteiger partial charge in [0.05, 0.1) is 0 Å². The second-order valence-electron chi connectivity index (χ2n) is 3.45. The summed E-state index contributed by atoms with van der Waals surface area (Å²) in [7, 11) is 1.94. The molecule has 6 heteroatoms. The van der Waals surface area contributed by atoms with Gasteiger partial charge in [0.2, 0.25) is 0 Å². The zero-order valence-electron chi connectivity index (χ0n) is 7.87. The van der Waals surface area contributed by atoms with Gasteiger partial charge in [0.1, 0.15) is 6.10 Å². The second kappa shape index (κ2) is 4.44. The van der Waals surface area contributed by atoms with Crippen LogP contribution in [-0.4, -0.2) is 42.4 Å². The Balaban J connectivity index is 2.35. The lowest BCUT2D eigenvalue weighted by molar-refractivity contribution is -0.167. The molecule has 3 nitrogen and oxygen atoms in total. The Hall–Kier alpha value is -0.360. The molecule has 0 unspecified atom stereocenters. The first kappa shape index (κ1) is 11.7. The lowest BCUT2D eigenvalue weighted by atomic mass is 10.1. The third kappa shape index (κ3) is 3.42. The van der Waals surface area contributed by atoms with Crippen molar-refractivity contribution in [2.45, 2.75) is 24.2 Å². The van der Waals surface area contributed by atoms with Gasteiger partial charge in [0, 0.05) is 13.1 Å². The number of nitrogens with zero attached hydrogens (tertiary/aromatic N) is 1. The predicted molar refractivity (Wildman–Crippen MR) is 50.5 cm³/mol. The van der Waals surface area contributed by atoms with E-state index in [1.54, 1.807) is 0 Å². The normalized spacial score (nSPS) is 20.9. The van der Waals surface area contributed by atoms with E-state index >= 15 is 0 Å². The topological polar surface area (TPSA) is 29.5 Å². The first-order valence-electron chi connectivity index (χ1n) is 4.39. The molecule has 0 aromatic carbocycles. The van der Waals surface area contributed by atoms with E-state index in [0.717, 1.165) is 13.1 Å². The van der Waals surface area contributed by atoms with Crippen molar-refractivity contribution in [2.75, 3.05) is 20.1 Å². The van der Waals surface area contributed by atoms with Crippen molar-refractivity contribution in [2.24, 2.45) is 0 Å². The van der Waals surface area contributed by atoms with Gasteiger partial charge in [-0.05, 0) is 19.9 Å². The largest absolute Gasteiger partial charge is 0.457 e. The summed E-state index contributed by atoms with van der Waals surface area (Å²) >= 11 is 2.85. The average Bonchev–Trinajstić information content (AvgIpc) is 2.07. The lowest BCUT2D eigenvalue weighted by Gasteiger charge is -2.29. The zero-order chi connectivity index (χ0) is 10.8. The van der Waals surface area contributed by atoms with E-state index in [1.165, 1.54) is 0 Å². The molecule has 14 heavy (non-hydrogen) atoms. The first-order valence-corrected chi connectivity index (χ1v) is 4.84. The van der Waals surface area contributed by atoms with Crippen LogP contribution in [0.5, 0.6) is 0 Å². The van der Waals surface area contributed by atoms with Crippen LogP contribution in [0.25, 0.3) is 0 Å². The molecule has 1 aliphatic heterocycles. The van der Waals surface area contributed by atoms with Crippen LogP contribution in [0.1, 0.15) is 12.8 Å². The van der Waals surface area contributed by atoms with Gasteiger partial charge in [-0.25, -0.2) is 4.79 Å². The maximum absolute atomic E-state index is 12.3. The van der Waals surface area contributed by atoms with Gasteiger partial charge in [0.15, 0.2) is 0 Å². The number of thiol groups is 1. The minimum absolute atomic E-state index is 0.392. The van der Waals surface area contributed by atoms with Crippen molar-refractivity contribution < 1.29 is 18.3 Å². The zero-order valence-corrected chi connectivity index (χ0v) is 8.77. The van der Waals surface area contributed by atoms with Crippen molar-refractivity contribution in [3.8, 4) is 0 Å².